The summed E-state index contributed by atoms with van der Waals surface area (Å²) in [6, 6.07) is 4.99. The van der Waals surface area contributed by atoms with E-state index in [4.69, 9.17) is 0 Å². The van der Waals surface area contributed by atoms with E-state index in [1.807, 2.05) is 0 Å². The SMILES string of the molecule is O=C(O)c1cc(-c2ccc(F)cc2F)nc2c(F)cc(F)cc12. The largest absolute Gasteiger partial charge is 0.478 e. The van der Waals surface area contributed by atoms with Crippen LogP contribution in [0.5, 0.6) is 0 Å². The molecule has 0 fully saturated rings. The van der Waals surface area contributed by atoms with Crippen molar-refractivity contribution >= 4 is 16.9 Å². The van der Waals surface area contributed by atoms with Crippen LogP contribution in [0, 0.1) is 23.3 Å². The number of carboxylic acid groups (broad SMARTS) is 1. The van der Waals surface area contributed by atoms with Gasteiger partial charge in [0.1, 0.15) is 23.0 Å². The summed E-state index contributed by atoms with van der Waals surface area (Å²) in [5.41, 5.74) is -1.24. The van der Waals surface area contributed by atoms with Gasteiger partial charge in [-0.2, -0.15) is 0 Å². The molecule has 0 atom stereocenters. The summed E-state index contributed by atoms with van der Waals surface area (Å²) in [5, 5.41) is 8.97. The lowest BCUT2D eigenvalue weighted by Gasteiger charge is -2.09. The van der Waals surface area contributed by atoms with Crippen LogP contribution >= 0.6 is 0 Å². The molecule has 0 aliphatic carbocycles. The molecular formula is C16H7F4NO2. The van der Waals surface area contributed by atoms with Gasteiger partial charge >= 0.3 is 5.97 Å². The van der Waals surface area contributed by atoms with Crippen LogP contribution in [-0.2, 0) is 0 Å². The molecular weight excluding hydrogens is 314 g/mol. The van der Waals surface area contributed by atoms with Crippen molar-refractivity contribution in [2.45, 2.75) is 0 Å². The van der Waals surface area contributed by atoms with Crippen molar-refractivity contribution in [3.05, 3.63) is 65.2 Å². The zero-order valence-corrected chi connectivity index (χ0v) is 11.3. The zero-order valence-electron chi connectivity index (χ0n) is 11.3. The topological polar surface area (TPSA) is 50.2 Å². The first-order valence-corrected chi connectivity index (χ1v) is 6.35. The van der Waals surface area contributed by atoms with Gasteiger partial charge in [-0.15, -0.1) is 0 Å². The maximum absolute atomic E-state index is 13.9. The number of fused-ring (bicyclic) bond motifs is 1. The van der Waals surface area contributed by atoms with Crippen molar-refractivity contribution in [1.82, 2.24) is 4.98 Å². The molecule has 1 heterocycles. The second-order valence-electron chi connectivity index (χ2n) is 4.77. The van der Waals surface area contributed by atoms with Gasteiger partial charge in [-0.1, -0.05) is 0 Å². The number of carboxylic acids is 1. The van der Waals surface area contributed by atoms with Crippen LogP contribution in [0.15, 0.2) is 36.4 Å². The van der Waals surface area contributed by atoms with E-state index in [1.165, 1.54) is 0 Å². The highest BCUT2D eigenvalue weighted by molar-refractivity contribution is 6.03. The third-order valence-corrected chi connectivity index (χ3v) is 3.27. The van der Waals surface area contributed by atoms with Gasteiger partial charge in [-0.05, 0) is 24.3 Å². The minimum atomic E-state index is -1.45. The van der Waals surface area contributed by atoms with Crippen molar-refractivity contribution in [1.29, 1.82) is 0 Å². The number of pyridine rings is 1. The van der Waals surface area contributed by atoms with Crippen LogP contribution in [-0.4, -0.2) is 16.1 Å². The molecule has 0 bridgehead atoms. The van der Waals surface area contributed by atoms with Crippen molar-refractivity contribution in [3.8, 4) is 11.3 Å². The summed E-state index contributed by atoms with van der Waals surface area (Å²) in [7, 11) is 0. The standard InChI is InChI=1S/C16H7F4NO2/c17-7-1-2-9(12(19)4-7)14-6-11(16(22)23)10-3-8(18)5-13(20)15(10)21-14/h1-6H,(H,22,23). The Kier molecular flexibility index (Phi) is 3.48. The third-order valence-electron chi connectivity index (χ3n) is 3.27. The average molecular weight is 321 g/mol. The first kappa shape index (κ1) is 15.0. The van der Waals surface area contributed by atoms with E-state index in [2.05, 4.69) is 4.98 Å². The second kappa shape index (κ2) is 5.35. The van der Waals surface area contributed by atoms with E-state index in [1.54, 1.807) is 0 Å². The van der Waals surface area contributed by atoms with Gasteiger partial charge < -0.3 is 5.11 Å². The summed E-state index contributed by atoms with van der Waals surface area (Å²) >= 11 is 0. The van der Waals surface area contributed by atoms with Gasteiger partial charge in [-0.3, -0.25) is 0 Å². The van der Waals surface area contributed by atoms with Crippen molar-refractivity contribution in [2.75, 3.05) is 0 Å². The molecule has 0 amide bonds. The van der Waals surface area contributed by atoms with E-state index >= 15 is 0 Å². The Morgan fingerprint density at radius 1 is 0.913 bits per heavy atom. The van der Waals surface area contributed by atoms with Crippen molar-refractivity contribution < 1.29 is 27.5 Å². The van der Waals surface area contributed by atoms with Gasteiger partial charge in [-0.25, -0.2) is 27.3 Å². The molecule has 7 heteroatoms. The van der Waals surface area contributed by atoms with Crippen LogP contribution in [0.2, 0.25) is 0 Å². The van der Waals surface area contributed by atoms with Gasteiger partial charge in [0.25, 0.3) is 0 Å². The third kappa shape index (κ3) is 2.61. The second-order valence-corrected chi connectivity index (χ2v) is 4.77. The highest BCUT2D eigenvalue weighted by atomic mass is 19.1. The minimum absolute atomic E-state index is 0.195. The highest BCUT2D eigenvalue weighted by Gasteiger charge is 2.18. The first-order chi connectivity index (χ1) is 10.9. The Morgan fingerprint density at radius 3 is 2.26 bits per heavy atom. The van der Waals surface area contributed by atoms with E-state index in [9.17, 15) is 27.5 Å². The van der Waals surface area contributed by atoms with Gasteiger partial charge in [0.15, 0.2) is 5.82 Å². The lowest BCUT2D eigenvalue weighted by atomic mass is 10.0. The molecule has 23 heavy (non-hydrogen) atoms. The summed E-state index contributed by atoms with van der Waals surface area (Å²) in [4.78, 5) is 15.2. The number of aromatic nitrogens is 1. The Bertz CT molecular complexity index is 956. The highest BCUT2D eigenvalue weighted by Crippen LogP contribution is 2.29. The number of hydrogen-bond acceptors (Lipinski definition) is 2. The van der Waals surface area contributed by atoms with E-state index in [0.29, 0.717) is 12.1 Å². The lowest BCUT2D eigenvalue weighted by molar-refractivity contribution is 0.0699. The molecule has 0 spiro atoms. The van der Waals surface area contributed by atoms with Gasteiger partial charge in [0.2, 0.25) is 0 Å². The van der Waals surface area contributed by atoms with Gasteiger partial charge in [0.05, 0.1) is 11.3 Å². The summed E-state index contributed by atoms with van der Waals surface area (Å²) < 4.78 is 54.0. The Hall–Kier alpha value is -2.96. The number of benzene rings is 2. The number of carbonyl (C=O) groups is 1. The first-order valence-electron chi connectivity index (χ1n) is 6.35. The smallest absolute Gasteiger partial charge is 0.336 e. The fourth-order valence-electron chi connectivity index (χ4n) is 2.26. The molecule has 3 aromatic rings. The molecule has 116 valence electrons. The number of rotatable bonds is 2. The molecule has 1 N–H and O–H groups in total. The molecule has 0 radical (unpaired) electrons. The summed E-state index contributed by atoms with van der Waals surface area (Å²) in [6.45, 7) is 0. The normalized spacial score (nSPS) is 11.0. The van der Waals surface area contributed by atoms with E-state index < -0.39 is 40.3 Å². The number of halogens is 4. The number of hydrogen-bond donors (Lipinski definition) is 1. The van der Waals surface area contributed by atoms with Crippen molar-refractivity contribution in [2.24, 2.45) is 0 Å². The van der Waals surface area contributed by atoms with Crippen LogP contribution in [0.25, 0.3) is 22.2 Å². The molecule has 0 saturated carbocycles. The monoisotopic (exact) mass is 321 g/mol. The fourth-order valence-corrected chi connectivity index (χ4v) is 2.26. The number of nitrogens with zero attached hydrogens (tertiary/aromatic N) is 1. The van der Waals surface area contributed by atoms with Gasteiger partial charge in [0, 0.05) is 23.1 Å². The quantitative estimate of drug-likeness (QED) is 0.721. The molecule has 3 rings (SSSR count). The predicted molar refractivity (Wildman–Crippen MR) is 74.0 cm³/mol. The Balaban J connectivity index is 2.37. The van der Waals surface area contributed by atoms with Crippen LogP contribution in [0.3, 0.4) is 0 Å². The van der Waals surface area contributed by atoms with E-state index in [-0.39, 0.29) is 16.6 Å². The molecule has 0 saturated heterocycles. The predicted octanol–water partition coefficient (Wildman–Crippen LogP) is 4.16. The van der Waals surface area contributed by atoms with E-state index in [0.717, 1.165) is 24.3 Å². The lowest BCUT2D eigenvalue weighted by Crippen LogP contribution is -2.02. The maximum atomic E-state index is 13.9. The summed E-state index contributed by atoms with van der Waals surface area (Å²) in [5.74, 6) is -5.28. The molecule has 2 aromatic carbocycles. The van der Waals surface area contributed by atoms with Crippen LogP contribution in [0.4, 0.5) is 17.6 Å². The minimum Gasteiger partial charge on any atom is -0.478 e. The van der Waals surface area contributed by atoms with Crippen LogP contribution in [0.1, 0.15) is 10.4 Å². The zero-order chi connectivity index (χ0) is 16.7. The molecule has 1 aromatic heterocycles. The molecule has 0 aliphatic heterocycles. The van der Waals surface area contributed by atoms with Crippen LogP contribution < -0.4 is 0 Å². The molecule has 0 aliphatic rings. The number of aromatic carboxylic acids is 1. The Labute approximate surface area is 126 Å². The fraction of sp³-hybridized carbons (Fsp3) is 0. The molecule has 3 nitrogen and oxygen atoms in total. The maximum Gasteiger partial charge on any atom is 0.336 e. The van der Waals surface area contributed by atoms with Crippen molar-refractivity contribution in [3.63, 3.8) is 0 Å². The average Bonchev–Trinajstić information content (AvgIpc) is 2.46. The molecule has 0 unspecified atom stereocenters. The summed E-state index contributed by atoms with van der Waals surface area (Å²) in [6.07, 6.45) is 0. The Morgan fingerprint density at radius 2 is 1.61 bits per heavy atom.